The number of rotatable bonds is 19. The first-order chi connectivity index (χ1) is 33.6. The maximum Gasteiger partial charge on any atom is 0.501 e. The molecule has 388 valence electrons. The summed E-state index contributed by atoms with van der Waals surface area (Å²) in [7, 11) is -5.81. The molecule has 0 saturated carbocycles. The van der Waals surface area contributed by atoms with Gasteiger partial charge in [-0.25, -0.2) is 12.6 Å². The SMILES string of the molecule is CC1C=C(N2CCN(CC3=C(c4ccc(Cl)cc4)CCC(C)(C)C3)CC2)C=CC1C(=O)NS(=O)(=S)c1ccc(NC(CCN2CCC(CCN(C)C)CC2)CSc2ccccc2)c(S(=O)(=O)C(F)(F)F)c1. The van der Waals surface area contributed by atoms with Crippen molar-refractivity contribution in [2.24, 2.45) is 23.2 Å². The zero-order valence-corrected chi connectivity index (χ0v) is 45.6. The second-order valence-corrected chi connectivity index (χ2v) is 27.3. The van der Waals surface area contributed by atoms with Crippen molar-refractivity contribution in [2.75, 3.05) is 84.1 Å². The van der Waals surface area contributed by atoms with E-state index in [0.29, 0.717) is 30.7 Å². The summed E-state index contributed by atoms with van der Waals surface area (Å²) in [4.78, 5) is 22.7. The van der Waals surface area contributed by atoms with E-state index in [9.17, 15) is 30.6 Å². The number of thioether (sulfide) groups is 1. The third-order valence-corrected chi connectivity index (χ3v) is 19.5. The van der Waals surface area contributed by atoms with E-state index in [1.807, 2.05) is 61.5 Å². The average molecular weight is 1080 g/mol. The molecule has 71 heavy (non-hydrogen) atoms. The first-order valence-electron chi connectivity index (χ1n) is 24.7. The monoisotopic (exact) mass is 1070 g/mol. The van der Waals surface area contributed by atoms with Gasteiger partial charge >= 0.3 is 5.51 Å². The van der Waals surface area contributed by atoms with Crippen LogP contribution in [-0.2, 0) is 34.5 Å². The minimum Gasteiger partial charge on any atom is -0.380 e. The molecule has 0 bridgehead atoms. The van der Waals surface area contributed by atoms with Gasteiger partial charge in [0.05, 0.1) is 16.5 Å². The minimum absolute atomic E-state index is 0.233. The van der Waals surface area contributed by atoms with Gasteiger partial charge in [-0.2, -0.15) is 13.2 Å². The van der Waals surface area contributed by atoms with Crippen LogP contribution in [0.4, 0.5) is 18.9 Å². The summed E-state index contributed by atoms with van der Waals surface area (Å²) in [5.41, 5.74) is -0.592. The molecule has 2 heterocycles. The molecule has 0 spiro atoms. The quantitative estimate of drug-likeness (QED) is 0.112. The van der Waals surface area contributed by atoms with Crippen molar-refractivity contribution < 1.29 is 30.6 Å². The largest absolute Gasteiger partial charge is 0.501 e. The van der Waals surface area contributed by atoms with Crippen molar-refractivity contribution in [3.05, 3.63) is 113 Å². The molecule has 3 aromatic rings. The van der Waals surface area contributed by atoms with Gasteiger partial charge in [-0.3, -0.25) is 14.4 Å². The number of alkyl halides is 3. The fraction of sp³-hybridized carbons (Fsp3) is 0.528. The summed E-state index contributed by atoms with van der Waals surface area (Å²) in [6.45, 7) is 14.3. The Morgan fingerprint density at radius 1 is 0.958 bits per heavy atom. The van der Waals surface area contributed by atoms with E-state index in [0.717, 1.165) is 106 Å². The molecule has 7 rings (SSSR count). The molecular weight excluding hydrogens is 1010 g/mol. The Hall–Kier alpha value is -3.42. The number of sulfone groups is 1. The van der Waals surface area contributed by atoms with Crippen LogP contribution in [0.15, 0.2) is 117 Å². The highest BCUT2D eigenvalue weighted by Crippen LogP contribution is 2.43. The topological polar surface area (TPSA) is 105 Å². The highest BCUT2D eigenvalue weighted by atomic mass is 35.5. The lowest BCUT2D eigenvalue weighted by atomic mass is 9.73. The van der Waals surface area contributed by atoms with Crippen molar-refractivity contribution in [1.29, 1.82) is 0 Å². The number of carbonyl (C=O) groups excluding carboxylic acids is 1. The molecule has 2 aliphatic heterocycles. The van der Waals surface area contributed by atoms with E-state index in [2.05, 4.69) is 69.7 Å². The maximum absolute atomic E-state index is 14.4. The van der Waals surface area contributed by atoms with Crippen molar-refractivity contribution >= 4 is 70.2 Å². The van der Waals surface area contributed by atoms with Gasteiger partial charge in [-0.1, -0.05) is 80.4 Å². The second kappa shape index (κ2) is 23.8. The number of likely N-dealkylation sites (tertiary alicyclic amines) is 1. The molecule has 3 aromatic carbocycles. The summed E-state index contributed by atoms with van der Waals surface area (Å²) in [6.07, 6.45) is 12.6. The molecular formula is C53H70ClF3N6O4S4. The summed E-state index contributed by atoms with van der Waals surface area (Å²) in [6, 6.07) is 20.5. The van der Waals surface area contributed by atoms with Crippen molar-refractivity contribution in [2.45, 2.75) is 92.0 Å². The van der Waals surface area contributed by atoms with Gasteiger partial charge in [0, 0.05) is 77.9 Å². The lowest BCUT2D eigenvalue weighted by molar-refractivity contribution is -0.122. The Balaban J connectivity index is 1.00. The van der Waals surface area contributed by atoms with Crippen LogP contribution in [0.25, 0.3) is 5.57 Å². The number of hydrogen-bond acceptors (Lipinski definition) is 11. The van der Waals surface area contributed by atoms with E-state index in [4.69, 9.17) is 22.8 Å². The molecule has 10 nitrogen and oxygen atoms in total. The zero-order valence-electron chi connectivity index (χ0n) is 41.6. The van der Waals surface area contributed by atoms with Crippen LogP contribution in [0.3, 0.4) is 0 Å². The predicted molar refractivity (Wildman–Crippen MR) is 287 cm³/mol. The second-order valence-electron chi connectivity index (χ2n) is 20.7. The van der Waals surface area contributed by atoms with E-state index in [-0.39, 0.29) is 17.0 Å². The van der Waals surface area contributed by atoms with Crippen LogP contribution in [0.2, 0.25) is 5.02 Å². The highest BCUT2D eigenvalue weighted by Gasteiger charge is 2.48. The normalized spacial score (nSPS) is 22.0. The van der Waals surface area contributed by atoms with Crippen LogP contribution in [-0.4, -0.2) is 128 Å². The summed E-state index contributed by atoms with van der Waals surface area (Å²) >= 11 is 13.2. The summed E-state index contributed by atoms with van der Waals surface area (Å²) in [5.74, 6) is -0.701. The molecule has 2 saturated heterocycles. The number of nitrogens with zero attached hydrogens (tertiary/aromatic N) is 4. The number of nitrogens with one attached hydrogen (secondary N) is 2. The molecule has 1 amide bonds. The molecule has 0 radical (unpaired) electrons. The third kappa shape index (κ3) is 14.9. The maximum atomic E-state index is 14.4. The molecule has 0 aromatic heterocycles. The lowest BCUT2D eigenvalue weighted by Gasteiger charge is -2.40. The smallest absolute Gasteiger partial charge is 0.380 e. The summed E-state index contributed by atoms with van der Waals surface area (Å²) < 4.78 is 86.5. The van der Waals surface area contributed by atoms with Crippen molar-refractivity contribution in [3.63, 3.8) is 0 Å². The van der Waals surface area contributed by atoms with Crippen LogP contribution >= 0.6 is 23.4 Å². The van der Waals surface area contributed by atoms with E-state index in [1.165, 1.54) is 40.6 Å². The van der Waals surface area contributed by atoms with Gasteiger partial charge in [-0.05, 0) is 156 Å². The van der Waals surface area contributed by atoms with Gasteiger partial charge < -0.3 is 20.0 Å². The fourth-order valence-electron chi connectivity index (χ4n) is 10.1. The molecule has 2 aliphatic carbocycles. The van der Waals surface area contributed by atoms with Crippen LogP contribution in [0.5, 0.6) is 0 Å². The number of hydrogen-bond donors (Lipinski definition) is 2. The van der Waals surface area contributed by atoms with Gasteiger partial charge in [0.1, 0.15) is 13.6 Å². The molecule has 4 unspecified atom stereocenters. The zero-order chi connectivity index (χ0) is 51.1. The van der Waals surface area contributed by atoms with E-state index >= 15 is 0 Å². The Bertz CT molecular complexity index is 2630. The van der Waals surface area contributed by atoms with E-state index in [1.54, 1.807) is 6.08 Å². The highest BCUT2D eigenvalue weighted by molar-refractivity contribution is 8.32. The van der Waals surface area contributed by atoms with Crippen LogP contribution < -0.4 is 10.0 Å². The van der Waals surface area contributed by atoms with Crippen LogP contribution in [0.1, 0.15) is 71.3 Å². The predicted octanol–water partition coefficient (Wildman–Crippen LogP) is 10.4. The number of amides is 1. The average Bonchev–Trinajstić information content (AvgIpc) is 3.32. The van der Waals surface area contributed by atoms with Gasteiger partial charge in [-0.15, -0.1) is 11.8 Å². The van der Waals surface area contributed by atoms with Gasteiger partial charge in [0.15, 0.2) is 0 Å². The fourth-order valence-corrected chi connectivity index (χ4v) is 13.9. The van der Waals surface area contributed by atoms with Crippen LogP contribution in [0, 0.1) is 23.2 Å². The standard InChI is InChI=1S/C53H70ClF3N6O4S4/c1-38-33-44(63-31-29-62(30-32-63)36-41-35-52(2,3)24-19-48(41)40-11-13-42(54)14-12-40)15-17-47(38)51(64)59-71(67,68)46-16-18-49(50(34-46)70(65,66)53(55,56)57)58-43(37-69-45-9-7-6-8-10-45)23-28-61-26-21-39(22-27-61)20-25-60(4)5/h6-18,33-34,38-39,43,47,58H,19-32,35-37H2,1-5H3,(H,59,64). The Morgan fingerprint density at radius 3 is 2.30 bits per heavy atom. The molecule has 4 atom stereocenters. The molecule has 2 fully saturated rings. The lowest BCUT2D eigenvalue weighted by Crippen LogP contribution is -2.47. The van der Waals surface area contributed by atoms with Gasteiger partial charge in [0.25, 0.3) is 9.84 Å². The number of piperazine rings is 1. The van der Waals surface area contributed by atoms with Gasteiger partial charge in [0.2, 0.25) is 5.91 Å². The Morgan fingerprint density at radius 2 is 1.65 bits per heavy atom. The number of piperidine rings is 1. The van der Waals surface area contributed by atoms with Crippen molar-refractivity contribution in [3.8, 4) is 0 Å². The molecule has 2 N–H and O–H groups in total. The molecule has 4 aliphatic rings. The number of anilines is 1. The number of carbonyl (C=O) groups is 1. The number of allylic oxidation sites excluding steroid dienone is 3. The Labute approximate surface area is 434 Å². The summed E-state index contributed by atoms with van der Waals surface area (Å²) in [5, 5.41) is 3.87. The minimum atomic E-state index is -5.96. The van der Waals surface area contributed by atoms with Crippen molar-refractivity contribution in [1.82, 2.24) is 24.3 Å². The van der Waals surface area contributed by atoms with E-state index < -0.39 is 51.7 Å². The third-order valence-electron chi connectivity index (χ3n) is 14.4. The first kappa shape index (κ1) is 55.3. The molecule has 18 heteroatoms. The number of benzene rings is 3. The Kier molecular flexibility index (Phi) is 18.6. The number of halogens is 4. The first-order valence-corrected chi connectivity index (χ1v) is 30.1.